The molecule has 5 aliphatic rings. The summed E-state index contributed by atoms with van der Waals surface area (Å²) in [4.78, 5) is 0. The van der Waals surface area contributed by atoms with E-state index in [1.54, 1.807) is 0 Å². The second kappa shape index (κ2) is 11.9. The van der Waals surface area contributed by atoms with Crippen LogP contribution in [0.25, 0.3) is 0 Å². The number of aliphatic hydroxyl groups excluding tert-OH is 7. The van der Waals surface area contributed by atoms with Gasteiger partial charge in [0, 0.05) is 0 Å². The molecule has 6 unspecified atom stereocenters. The average Bonchev–Trinajstić information content (AvgIpc) is 3.20. The van der Waals surface area contributed by atoms with Crippen molar-refractivity contribution in [1.29, 1.82) is 0 Å². The molecule has 0 bridgehead atoms. The van der Waals surface area contributed by atoms with E-state index in [9.17, 15) is 35.7 Å². The zero-order valence-corrected chi connectivity index (χ0v) is 25.5. The summed E-state index contributed by atoms with van der Waals surface area (Å²) >= 11 is 0. The van der Waals surface area contributed by atoms with Crippen molar-refractivity contribution in [3.05, 3.63) is 0 Å². The molecular formula is C32H56O9. The first-order valence-corrected chi connectivity index (χ1v) is 16.2. The highest BCUT2D eigenvalue weighted by molar-refractivity contribution is 5.15. The van der Waals surface area contributed by atoms with Crippen LogP contribution in [-0.2, 0) is 9.47 Å². The van der Waals surface area contributed by atoms with Crippen LogP contribution in [0.15, 0.2) is 0 Å². The predicted molar refractivity (Wildman–Crippen MR) is 151 cm³/mol. The van der Waals surface area contributed by atoms with E-state index in [1.165, 1.54) is 0 Å². The Bertz CT molecular complexity index is 902. The zero-order valence-electron chi connectivity index (χ0n) is 25.5. The van der Waals surface area contributed by atoms with Gasteiger partial charge in [0.1, 0.15) is 18.3 Å². The van der Waals surface area contributed by atoms with Crippen molar-refractivity contribution in [3.8, 4) is 0 Å². The minimum atomic E-state index is -1.32. The monoisotopic (exact) mass is 584 g/mol. The highest BCUT2D eigenvalue weighted by atomic mass is 16.7. The molecule has 41 heavy (non-hydrogen) atoms. The Morgan fingerprint density at radius 3 is 2.12 bits per heavy atom. The van der Waals surface area contributed by atoms with Crippen molar-refractivity contribution in [1.82, 2.24) is 0 Å². The van der Waals surface area contributed by atoms with E-state index in [0.29, 0.717) is 12.8 Å². The molecule has 4 aliphatic carbocycles. The van der Waals surface area contributed by atoms with Gasteiger partial charge < -0.3 is 45.2 Å². The maximum Gasteiger partial charge on any atom is 0.186 e. The summed E-state index contributed by atoms with van der Waals surface area (Å²) in [7, 11) is 0. The Balaban J connectivity index is 1.28. The molecule has 0 spiro atoms. The molecule has 0 aromatic rings. The van der Waals surface area contributed by atoms with Gasteiger partial charge in [0.25, 0.3) is 0 Å². The highest BCUT2D eigenvalue weighted by Gasteiger charge is 2.67. The van der Waals surface area contributed by atoms with E-state index >= 15 is 0 Å². The van der Waals surface area contributed by atoms with Crippen LogP contribution in [0.5, 0.6) is 0 Å². The van der Waals surface area contributed by atoms with Crippen molar-refractivity contribution in [2.24, 2.45) is 52.3 Å². The van der Waals surface area contributed by atoms with Gasteiger partial charge in [-0.25, -0.2) is 0 Å². The molecule has 0 aromatic heterocycles. The third-order valence-corrected chi connectivity index (χ3v) is 12.9. The summed E-state index contributed by atoms with van der Waals surface area (Å²) in [6, 6.07) is 0. The van der Waals surface area contributed by atoms with Crippen LogP contribution in [-0.4, -0.2) is 97.5 Å². The number of ether oxygens (including phenoxy) is 2. The van der Waals surface area contributed by atoms with Gasteiger partial charge in [-0.05, 0) is 104 Å². The Hall–Kier alpha value is -0.360. The van der Waals surface area contributed by atoms with Crippen LogP contribution in [0.4, 0.5) is 0 Å². The Morgan fingerprint density at radius 1 is 0.756 bits per heavy atom. The standard InChI is InChI=1S/C32H56O9/c1-15(2)23(41-30-29(39)27(37)22(35)14-40-30)7-6-16(3)19-13-21(34)25-24-18(9-11-32(19,25)5)31(4)10-8-17(33)12-20(31)26(36)28(24)38/h15-30,33-39H,6-14H2,1-5H3/t16-,17?,18+,19-,20?,21?,22-,23?,24-,25+,26?,27+,28?,29-,30+,31-,32-/m1/s1. The molecule has 0 aromatic carbocycles. The largest absolute Gasteiger partial charge is 0.393 e. The molecule has 0 amide bonds. The maximum atomic E-state index is 11.6. The maximum absolute atomic E-state index is 11.6. The van der Waals surface area contributed by atoms with Crippen molar-refractivity contribution in [3.63, 3.8) is 0 Å². The first kappa shape index (κ1) is 32.0. The molecule has 17 atom stereocenters. The number of fused-ring (bicyclic) bond motifs is 5. The fourth-order valence-corrected chi connectivity index (χ4v) is 10.5. The molecular weight excluding hydrogens is 528 g/mol. The third-order valence-electron chi connectivity index (χ3n) is 12.9. The lowest BCUT2D eigenvalue weighted by Gasteiger charge is -2.63. The number of rotatable bonds is 7. The molecule has 9 nitrogen and oxygen atoms in total. The zero-order chi connectivity index (χ0) is 30.0. The van der Waals surface area contributed by atoms with E-state index in [2.05, 4.69) is 34.6 Å². The van der Waals surface area contributed by atoms with E-state index in [1.807, 2.05) is 0 Å². The fourth-order valence-electron chi connectivity index (χ4n) is 10.5. The van der Waals surface area contributed by atoms with Gasteiger partial charge in [-0.3, -0.25) is 0 Å². The van der Waals surface area contributed by atoms with Crippen LogP contribution in [0.2, 0.25) is 0 Å². The normalized spacial score (nSPS) is 53.3. The third kappa shape index (κ3) is 5.44. The number of aliphatic hydroxyl groups is 7. The van der Waals surface area contributed by atoms with Gasteiger partial charge in [0.2, 0.25) is 0 Å². The summed E-state index contributed by atoms with van der Waals surface area (Å²) in [5.41, 5.74) is -0.306. The lowest BCUT2D eigenvalue weighted by atomic mass is 9.43. The Labute approximate surface area is 245 Å². The topological polar surface area (TPSA) is 160 Å². The lowest BCUT2D eigenvalue weighted by molar-refractivity contribution is -0.286. The Kier molecular flexibility index (Phi) is 9.27. The number of hydrogen-bond donors (Lipinski definition) is 7. The summed E-state index contributed by atoms with van der Waals surface area (Å²) in [5.74, 6) is 0.539. The van der Waals surface area contributed by atoms with Gasteiger partial charge in [-0.15, -0.1) is 0 Å². The first-order chi connectivity index (χ1) is 19.2. The molecule has 5 rings (SSSR count). The highest BCUT2D eigenvalue weighted by Crippen LogP contribution is 2.68. The van der Waals surface area contributed by atoms with E-state index < -0.39 is 49.0 Å². The molecule has 238 valence electrons. The minimum Gasteiger partial charge on any atom is -0.393 e. The Morgan fingerprint density at radius 2 is 1.44 bits per heavy atom. The van der Waals surface area contributed by atoms with Crippen molar-refractivity contribution in [2.75, 3.05) is 6.61 Å². The van der Waals surface area contributed by atoms with Crippen LogP contribution in [0.3, 0.4) is 0 Å². The van der Waals surface area contributed by atoms with Crippen LogP contribution in [0.1, 0.15) is 86.0 Å². The van der Waals surface area contributed by atoms with Crippen molar-refractivity contribution >= 4 is 0 Å². The average molecular weight is 585 g/mol. The van der Waals surface area contributed by atoms with E-state index in [-0.39, 0.29) is 65.0 Å². The van der Waals surface area contributed by atoms with Crippen LogP contribution < -0.4 is 0 Å². The molecule has 1 aliphatic heterocycles. The predicted octanol–water partition coefficient (Wildman–Crippen LogP) is 1.82. The molecule has 1 saturated heterocycles. The quantitative estimate of drug-likeness (QED) is 0.237. The molecule has 0 radical (unpaired) electrons. The molecule has 4 saturated carbocycles. The minimum absolute atomic E-state index is 0.0844. The van der Waals surface area contributed by atoms with Crippen LogP contribution in [0, 0.1) is 52.3 Å². The van der Waals surface area contributed by atoms with E-state index in [4.69, 9.17) is 9.47 Å². The van der Waals surface area contributed by atoms with Gasteiger partial charge in [-0.2, -0.15) is 0 Å². The summed E-state index contributed by atoms with van der Waals surface area (Å²) in [6.07, 6.45) is -1.41. The van der Waals surface area contributed by atoms with Crippen molar-refractivity contribution in [2.45, 2.75) is 141 Å². The summed E-state index contributed by atoms with van der Waals surface area (Å²) < 4.78 is 11.7. The van der Waals surface area contributed by atoms with Gasteiger partial charge in [0.05, 0.1) is 37.1 Å². The lowest BCUT2D eigenvalue weighted by Crippen LogP contribution is -2.65. The summed E-state index contributed by atoms with van der Waals surface area (Å²) in [6.45, 7) is 10.8. The SMILES string of the molecule is CC(C)C(CC[C@@H](C)[C@H]1CC(O)[C@H]2[C@@H]3C(O)C(O)C4CC(O)CC[C@]4(C)[C@H]3CC[C@]12C)O[C@@H]1OC[C@@H](O)[C@H](O)[C@H]1O. The van der Waals surface area contributed by atoms with Gasteiger partial charge in [0.15, 0.2) is 6.29 Å². The van der Waals surface area contributed by atoms with Crippen LogP contribution >= 0.6 is 0 Å². The summed E-state index contributed by atoms with van der Waals surface area (Å²) in [5, 5.41) is 75.1. The molecule has 1 heterocycles. The second-order valence-corrected chi connectivity index (χ2v) is 15.4. The molecule has 7 N–H and O–H groups in total. The fraction of sp³-hybridized carbons (Fsp3) is 1.00. The van der Waals surface area contributed by atoms with E-state index in [0.717, 1.165) is 38.5 Å². The molecule has 5 fully saturated rings. The first-order valence-electron chi connectivity index (χ1n) is 16.2. The second-order valence-electron chi connectivity index (χ2n) is 15.4. The van der Waals surface area contributed by atoms with Gasteiger partial charge >= 0.3 is 0 Å². The number of hydrogen-bond acceptors (Lipinski definition) is 9. The molecule has 9 heteroatoms. The van der Waals surface area contributed by atoms with Crippen molar-refractivity contribution < 1.29 is 45.2 Å². The smallest absolute Gasteiger partial charge is 0.186 e. The van der Waals surface area contributed by atoms with Gasteiger partial charge in [-0.1, -0.05) is 34.6 Å².